The van der Waals surface area contributed by atoms with Gasteiger partial charge in [0.1, 0.15) is 17.2 Å². The molecule has 3 N–H and O–H groups in total. The second kappa shape index (κ2) is 10.5. The summed E-state index contributed by atoms with van der Waals surface area (Å²) in [7, 11) is 0. The minimum atomic E-state index is -0.271. The fraction of sp³-hybridized carbons (Fsp3) is 0.387. The molecule has 1 amide bonds. The number of amides is 1. The van der Waals surface area contributed by atoms with Gasteiger partial charge in [-0.1, -0.05) is 6.07 Å². The standard InChI is InChI=1S/C31H35FN6O2/c1-18-6-7-23(32)15-21(18)14-19(2)34-24-8-9-33-30(39)27(24)29-35-25-16-22-17-38(13-12-37-10-4-5-11-37)31(40)26(22)20(3)28(25)36-29/h6-9,15-16,19H,4-5,10-14,17H2,1-3H3,(H,35,36)(H2,33,34,39)/t19-/m0/s1. The fourth-order valence-electron chi connectivity index (χ4n) is 6.15. The van der Waals surface area contributed by atoms with Crippen LogP contribution in [0.3, 0.4) is 0 Å². The molecule has 1 atom stereocenters. The van der Waals surface area contributed by atoms with Gasteiger partial charge in [0, 0.05) is 37.4 Å². The van der Waals surface area contributed by atoms with Crippen LogP contribution in [0.5, 0.6) is 0 Å². The van der Waals surface area contributed by atoms with Gasteiger partial charge in [-0.2, -0.15) is 0 Å². The Morgan fingerprint density at radius 1 is 1.07 bits per heavy atom. The van der Waals surface area contributed by atoms with E-state index in [0.717, 1.165) is 59.5 Å². The Morgan fingerprint density at radius 2 is 1.88 bits per heavy atom. The number of anilines is 1. The largest absolute Gasteiger partial charge is 0.381 e. The second-order valence-corrected chi connectivity index (χ2v) is 11.2. The molecular weight excluding hydrogens is 507 g/mol. The Bertz CT molecular complexity index is 1650. The van der Waals surface area contributed by atoms with Gasteiger partial charge in [-0.15, -0.1) is 0 Å². The van der Waals surface area contributed by atoms with Crippen molar-refractivity contribution in [3.8, 4) is 11.4 Å². The third kappa shape index (κ3) is 4.90. The summed E-state index contributed by atoms with van der Waals surface area (Å²) < 4.78 is 13.8. The number of nitrogens with one attached hydrogen (secondary N) is 3. The quantitative estimate of drug-likeness (QED) is 0.298. The van der Waals surface area contributed by atoms with Crippen LogP contribution in [-0.4, -0.2) is 62.9 Å². The number of imidazole rings is 1. The normalized spacial score (nSPS) is 16.2. The highest BCUT2D eigenvalue weighted by Crippen LogP contribution is 2.33. The molecule has 2 aromatic carbocycles. The van der Waals surface area contributed by atoms with E-state index in [-0.39, 0.29) is 23.3 Å². The highest BCUT2D eigenvalue weighted by Gasteiger charge is 2.31. The molecule has 208 valence electrons. The van der Waals surface area contributed by atoms with Crippen LogP contribution in [0.15, 0.2) is 41.3 Å². The molecule has 0 unspecified atom stereocenters. The first kappa shape index (κ1) is 26.3. The molecule has 0 bridgehead atoms. The highest BCUT2D eigenvalue weighted by atomic mass is 19.1. The zero-order valence-electron chi connectivity index (χ0n) is 23.2. The Hall–Kier alpha value is -3.98. The van der Waals surface area contributed by atoms with E-state index in [4.69, 9.17) is 4.98 Å². The third-order valence-electron chi connectivity index (χ3n) is 8.29. The van der Waals surface area contributed by atoms with Crippen molar-refractivity contribution in [1.29, 1.82) is 0 Å². The maximum absolute atomic E-state index is 13.8. The summed E-state index contributed by atoms with van der Waals surface area (Å²) in [4.78, 5) is 41.7. The lowest BCUT2D eigenvalue weighted by Gasteiger charge is -2.20. The van der Waals surface area contributed by atoms with Crippen molar-refractivity contribution in [3.05, 3.63) is 80.5 Å². The van der Waals surface area contributed by atoms with E-state index in [1.54, 1.807) is 18.3 Å². The average molecular weight is 543 g/mol. The van der Waals surface area contributed by atoms with Crippen LogP contribution < -0.4 is 10.9 Å². The van der Waals surface area contributed by atoms with Crippen LogP contribution in [-0.2, 0) is 13.0 Å². The number of halogens is 1. The summed E-state index contributed by atoms with van der Waals surface area (Å²) >= 11 is 0. The first-order chi connectivity index (χ1) is 19.3. The number of rotatable bonds is 8. The number of hydrogen-bond acceptors (Lipinski definition) is 5. The van der Waals surface area contributed by atoms with Gasteiger partial charge >= 0.3 is 0 Å². The van der Waals surface area contributed by atoms with E-state index >= 15 is 0 Å². The lowest BCUT2D eigenvalue weighted by Crippen LogP contribution is -2.34. The van der Waals surface area contributed by atoms with Gasteiger partial charge < -0.3 is 25.1 Å². The molecule has 2 aliphatic rings. The number of carbonyl (C=O) groups is 1. The topological polar surface area (TPSA) is 97.1 Å². The molecule has 1 saturated heterocycles. The Labute approximate surface area is 232 Å². The Kier molecular flexibility index (Phi) is 6.92. The molecule has 2 aromatic heterocycles. The van der Waals surface area contributed by atoms with Crippen molar-refractivity contribution in [3.63, 3.8) is 0 Å². The molecule has 0 radical (unpaired) electrons. The molecule has 0 aliphatic carbocycles. The molecule has 9 heteroatoms. The second-order valence-electron chi connectivity index (χ2n) is 11.2. The van der Waals surface area contributed by atoms with Crippen molar-refractivity contribution >= 4 is 22.6 Å². The van der Waals surface area contributed by atoms with Crippen LogP contribution in [0.4, 0.5) is 10.1 Å². The molecule has 0 saturated carbocycles. The fourth-order valence-corrected chi connectivity index (χ4v) is 6.15. The smallest absolute Gasteiger partial charge is 0.261 e. The van der Waals surface area contributed by atoms with Crippen LogP contribution in [0, 0.1) is 19.7 Å². The van der Waals surface area contributed by atoms with Gasteiger partial charge in [0.15, 0.2) is 0 Å². The summed E-state index contributed by atoms with van der Waals surface area (Å²) in [5.74, 6) is 0.237. The molecule has 4 heterocycles. The van der Waals surface area contributed by atoms with Crippen LogP contribution in [0.25, 0.3) is 22.4 Å². The molecular formula is C31H35FN6O2. The monoisotopic (exact) mass is 542 g/mol. The van der Waals surface area contributed by atoms with Gasteiger partial charge in [-0.25, -0.2) is 9.37 Å². The minimum absolute atomic E-state index is 0.0551. The van der Waals surface area contributed by atoms with Crippen molar-refractivity contribution in [1.82, 2.24) is 24.8 Å². The maximum Gasteiger partial charge on any atom is 0.261 e. The number of H-pyrrole nitrogens is 2. The van der Waals surface area contributed by atoms with Gasteiger partial charge in [-0.05, 0) is 99.6 Å². The number of hydrogen-bond donors (Lipinski definition) is 3. The number of nitrogens with zero attached hydrogens (tertiary/aromatic N) is 3. The van der Waals surface area contributed by atoms with E-state index in [1.165, 1.54) is 18.9 Å². The zero-order chi connectivity index (χ0) is 28.0. The van der Waals surface area contributed by atoms with Crippen molar-refractivity contribution in [2.24, 2.45) is 0 Å². The number of pyridine rings is 1. The number of carbonyl (C=O) groups excluding carboxylic acids is 1. The SMILES string of the molecule is Cc1ccc(F)cc1C[C@H](C)Nc1cc[nH]c(=O)c1-c1nc2c(C)c3c(cc2[nH]1)CN(CCN1CCCC1)C3=O. The molecule has 1 fully saturated rings. The summed E-state index contributed by atoms with van der Waals surface area (Å²) in [5.41, 5.74) is 6.76. The Morgan fingerprint density at radius 3 is 2.67 bits per heavy atom. The number of fused-ring (bicyclic) bond motifs is 2. The number of aromatic nitrogens is 3. The predicted octanol–water partition coefficient (Wildman–Crippen LogP) is 4.77. The number of aryl methyl sites for hydroxylation is 2. The summed E-state index contributed by atoms with van der Waals surface area (Å²) in [6, 6.07) is 8.55. The summed E-state index contributed by atoms with van der Waals surface area (Å²) in [5, 5.41) is 3.43. The number of likely N-dealkylation sites (tertiary alicyclic amines) is 1. The molecule has 6 rings (SSSR count). The molecule has 4 aromatic rings. The molecule has 8 nitrogen and oxygen atoms in total. The minimum Gasteiger partial charge on any atom is -0.381 e. The summed E-state index contributed by atoms with van der Waals surface area (Å²) in [6.07, 6.45) is 4.67. The van der Waals surface area contributed by atoms with Crippen molar-refractivity contribution < 1.29 is 9.18 Å². The van der Waals surface area contributed by atoms with Gasteiger partial charge in [0.25, 0.3) is 11.5 Å². The van der Waals surface area contributed by atoms with E-state index in [0.29, 0.717) is 35.6 Å². The van der Waals surface area contributed by atoms with Crippen LogP contribution >= 0.6 is 0 Å². The van der Waals surface area contributed by atoms with Gasteiger partial charge in [-0.3, -0.25) is 9.59 Å². The number of aromatic amines is 2. The van der Waals surface area contributed by atoms with E-state index in [9.17, 15) is 14.0 Å². The number of benzene rings is 2. The van der Waals surface area contributed by atoms with Crippen molar-refractivity contribution in [2.75, 3.05) is 31.5 Å². The van der Waals surface area contributed by atoms with Crippen LogP contribution in [0.2, 0.25) is 0 Å². The first-order valence-electron chi connectivity index (χ1n) is 14.1. The predicted molar refractivity (Wildman–Crippen MR) is 155 cm³/mol. The third-order valence-corrected chi connectivity index (χ3v) is 8.29. The lowest BCUT2D eigenvalue weighted by molar-refractivity contribution is 0.0763. The summed E-state index contributed by atoms with van der Waals surface area (Å²) in [6.45, 7) is 10.3. The van der Waals surface area contributed by atoms with E-state index in [1.807, 2.05) is 37.8 Å². The zero-order valence-corrected chi connectivity index (χ0v) is 23.2. The first-order valence-corrected chi connectivity index (χ1v) is 14.1. The van der Waals surface area contributed by atoms with E-state index in [2.05, 4.69) is 20.2 Å². The highest BCUT2D eigenvalue weighted by molar-refractivity contribution is 6.04. The van der Waals surface area contributed by atoms with Crippen molar-refractivity contribution in [2.45, 2.75) is 52.6 Å². The molecule has 40 heavy (non-hydrogen) atoms. The average Bonchev–Trinajstić information content (AvgIpc) is 3.65. The maximum atomic E-state index is 13.8. The Balaban J connectivity index is 1.27. The van der Waals surface area contributed by atoms with E-state index < -0.39 is 0 Å². The van der Waals surface area contributed by atoms with Gasteiger partial charge in [0.05, 0.1) is 16.7 Å². The van der Waals surface area contributed by atoms with Gasteiger partial charge in [0.2, 0.25) is 0 Å². The molecule has 0 spiro atoms. The van der Waals surface area contributed by atoms with Crippen LogP contribution in [0.1, 0.15) is 52.4 Å². The lowest BCUT2D eigenvalue weighted by atomic mass is 10.0. The molecule has 2 aliphatic heterocycles.